The summed E-state index contributed by atoms with van der Waals surface area (Å²) in [7, 11) is -3.75. The van der Waals surface area contributed by atoms with Crippen LogP contribution in [0.5, 0.6) is 11.5 Å². The maximum atomic E-state index is 12.5. The summed E-state index contributed by atoms with van der Waals surface area (Å²) in [5, 5.41) is 0.485. The number of carbonyl (C=O) groups is 1. The fraction of sp³-hybridized carbons (Fsp3) is 0.0500. The molecule has 0 amide bonds. The number of ketones is 1. The van der Waals surface area contributed by atoms with Crippen LogP contribution < -0.4 is 4.74 Å². The number of Topliss-reactive ketones (excluding diaryl/α,β-unsaturated/α-hetero) is 1. The maximum absolute atomic E-state index is 12.5. The number of carbonyl (C=O) groups excluding carboxylic acids is 1. The van der Waals surface area contributed by atoms with Gasteiger partial charge in [-0.05, 0) is 60.7 Å². The molecule has 4 nitrogen and oxygen atoms in total. The lowest BCUT2D eigenvalue weighted by Gasteiger charge is -2.07. The van der Waals surface area contributed by atoms with E-state index < -0.39 is 21.4 Å². The molecular weight excluding hydrogens is 372 g/mol. The lowest BCUT2D eigenvalue weighted by Crippen LogP contribution is -2.16. The van der Waals surface area contributed by atoms with Crippen molar-refractivity contribution in [1.82, 2.24) is 0 Å². The molecule has 26 heavy (non-hydrogen) atoms. The first kappa shape index (κ1) is 18.2. The minimum atomic E-state index is -3.75. The first-order chi connectivity index (χ1) is 12.4. The van der Waals surface area contributed by atoms with E-state index in [2.05, 4.69) is 0 Å². The Hall–Kier alpha value is -2.63. The van der Waals surface area contributed by atoms with Crippen molar-refractivity contribution < 1.29 is 17.9 Å². The van der Waals surface area contributed by atoms with E-state index in [1.165, 1.54) is 24.3 Å². The molecule has 0 aliphatic heterocycles. The van der Waals surface area contributed by atoms with Crippen LogP contribution in [0.1, 0.15) is 10.4 Å². The largest absolute Gasteiger partial charge is 0.457 e. The molecule has 0 aromatic heterocycles. The van der Waals surface area contributed by atoms with Crippen molar-refractivity contribution in [3.05, 3.63) is 89.4 Å². The third-order valence-corrected chi connectivity index (χ3v) is 5.53. The van der Waals surface area contributed by atoms with Crippen molar-refractivity contribution in [3.63, 3.8) is 0 Å². The highest BCUT2D eigenvalue weighted by atomic mass is 35.5. The number of rotatable bonds is 6. The summed E-state index contributed by atoms with van der Waals surface area (Å²) >= 11 is 5.78. The highest BCUT2D eigenvalue weighted by Gasteiger charge is 2.20. The Kier molecular flexibility index (Phi) is 5.40. The second kappa shape index (κ2) is 7.72. The van der Waals surface area contributed by atoms with Crippen LogP contribution in [0.15, 0.2) is 83.8 Å². The van der Waals surface area contributed by atoms with Crippen LogP contribution in [-0.4, -0.2) is 20.0 Å². The predicted molar refractivity (Wildman–Crippen MR) is 101 cm³/mol. The molecule has 0 radical (unpaired) electrons. The fourth-order valence-electron chi connectivity index (χ4n) is 2.31. The van der Waals surface area contributed by atoms with E-state index in [1.54, 1.807) is 36.4 Å². The summed E-state index contributed by atoms with van der Waals surface area (Å²) in [4.78, 5) is 12.3. The number of ether oxygens (including phenoxy) is 1. The first-order valence-corrected chi connectivity index (χ1v) is 9.81. The fourth-order valence-corrected chi connectivity index (χ4v) is 3.67. The average molecular weight is 387 g/mol. The average Bonchev–Trinajstić information content (AvgIpc) is 2.63. The number of benzene rings is 3. The normalized spacial score (nSPS) is 11.1. The van der Waals surface area contributed by atoms with E-state index in [0.717, 1.165) is 0 Å². The number of hydrogen-bond acceptors (Lipinski definition) is 4. The zero-order valence-electron chi connectivity index (χ0n) is 13.6. The summed E-state index contributed by atoms with van der Waals surface area (Å²) in [5.41, 5.74) is 0.307. The van der Waals surface area contributed by atoms with Crippen LogP contribution in [0.3, 0.4) is 0 Å². The van der Waals surface area contributed by atoms with Crippen molar-refractivity contribution >= 4 is 27.2 Å². The van der Waals surface area contributed by atoms with Crippen molar-refractivity contribution in [2.24, 2.45) is 0 Å². The lowest BCUT2D eigenvalue weighted by molar-refractivity contribution is 0.102. The molecule has 0 aliphatic rings. The van der Waals surface area contributed by atoms with Gasteiger partial charge in [0.15, 0.2) is 15.6 Å². The van der Waals surface area contributed by atoms with Gasteiger partial charge in [0.2, 0.25) is 0 Å². The summed E-state index contributed by atoms with van der Waals surface area (Å²) in [6.45, 7) is 0. The SMILES string of the molecule is O=C(CS(=O)(=O)c1ccc(Oc2ccccc2)cc1)c1ccc(Cl)cc1. The molecule has 0 aliphatic carbocycles. The smallest absolute Gasteiger partial charge is 0.185 e. The van der Waals surface area contributed by atoms with Crippen molar-refractivity contribution in [3.8, 4) is 11.5 Å². The molecule has 6 heteroatoms. The third kappa shape index (κ3) is 4.50. The van der Waals surface area contributed by atoms with Gasteiger partial charge in [-0.3, -0.25) is 4.79 Å². The Bertz CT molecular complexity index is 996. The van der Waals surface area contributed by atoms with Crippen LogP contribution in [-0.2, 0) is 9.84 Å². The maximum Gasteiger partial charge on any atom is 0.185 e. The molecule has 3 aromatic rings. The number of para-hydroxylation sites is 1. The summed E-state index contributed by atoms with van der Waals surface area (Å²) < 4.78 is 30.6. The second-order valence-electron chi connectivity index (χ2n) is 5.58. The Morgan fingerprint density at radius 2 is 1.38 bits per heavy atom. The minimum Gasteiger partial charge on any atom is -0.457 e. The third-order valence-electron chi connectivity index (χ3n) is 3.65. The van der Waals surface area contributed by atoms with Gasteiger partial charge in [0, 0.05) is 10.6 Å². The van der Waals surface area contributed by atoms with Gasteiger partial charge in [0.25, 0.3) is 0 Å². The molecule has 0 saturated carbocycles. The number of hydrogen-bond donors (Lipinski definition) is 0. The van der Waals surface area contributed by atoms with E-state index >= 15 is 0 Å². The molecule has 0 N–H and O–H groups in total. The van der Waals surface area contributed by atoms with Gasteiger partial charge >= 0.3 is 0 Å². The van der Waals surface area contributed by atoms with Gasteiger partial charge in [0.05, 0.1) is 4.90 Å². The van der Waals surface area contributed by atoms with Gasteiger partial charge in [-0.25, -0.2) is 8.42 Å². The summed E-state index contributed by atoms with van der Waals surface area (Å²) in [5.74, 6) is 0.0829. The standard InChI is InChI=1S/C20H15ClO4S/c21-16-8-6-15(7-9-16)20(22)14-26(23,24)19-12-10-18(11-13-19)25-17-4-2-1-3-5-17/h1-13H,14H2. The van der Waals surface area contributed by atoms with E-state index in [0.29, 0.717) is 22.1 Å². The molecule has 0 unspecified atom stereocenters. The van der Waals surface area contributed by atoms with Crippen LogP contribution in [0, 0.1) is 0 Å². The topological polar surface area (TPSA) is 60.4 Å². The predicted octanol–water partition coefficient (Wildman–Crippen LogP) is 4.79. The molecule has 0 spiro atoms. The van der Waals surface area contributed by atoms with Gasteiger partial charge in [-0.15, -0.1) is 0 Å². The van der Waals surface area contributed by atoms with Gasteiger partial charge < -0.3 is 4.74 Å². The number of halogens is 1. The Labute approximate surface area is 156 Å². The second-order valence-corrected chi connectivity index (χ2v) is 8.00. The molecule has 0 bridgehead atoms. The van der Waals surface area contributed by atoms with Crippen molar-refractivity contribution in [2.75, 3.05) is 5.75 Å². The van der Waals surface area contributed by atoms with E-state index in [-0.39, 0.29) is 4.90 Å². The van der Waals surface area contributed by atoms with Crippen molar-refractivity contribution in [1.29, 1.82) is 0 Å². The van der Waals surface area contributed by atoms with Gasteiger partial charge in [-0.1, -0.05) is 29.8 Å². The van der Waals surface area contributed by atoms with Crippen LogP contribution >= 0.6 is 11.6 Å². The Morgan fingerprint density at radius 3 is 2.00 bits per heavy atom. The number of sulfone groups is 1. The van der Waals surface area contributed by atoms with Crippen LogP contribution in [0.2, 0.25) is 5.02 Å². The molecule has 0 saturated heterocycles. The molecule has 132 valence electrons. The molecule has 3 rings (SSSR count). The summed E-state index contributed by atoms with van der Waals surface area (Å²) in [6.07, 6.45) is 0. The lowest BCUT2D eigenvalue weighted by atomic mass is 10.1. The summed E-state index contributed by atoms with van der Waals surface area (Å²) in [6, 6.07) is 21.3. The van der Waals surface area contributed by atoms with E-state index in [9.17, 15) is 13.2 Å². The van der Waals surface area contributed by atoms with Crippen LogP contribution in [0.4, 0.5) is 0 Å². The first-order valence-electron chi connectivity index (χ1n) is 7.78. The Morgan fingerprint density at radius 1 is 0.808 bits per heavy atom. The molecule has 0 atom stereocenters. The molecule has 0 fully saturated rings. The van der Waals surface area contributed by atoms with Gasteiger partial charge in [0.1, 0.15) is 17.3 Å². The molecule has 3 aromatic carbocycles. The minimum absolute atomic E-state index is 0.0697. The van der Waals surface area contributed by atoms with Crippen LogP contribution in [0.25, 0.3) is 0 Å². The zero-order chi connectivity index (χ0) is 18.6. The van der Waals surface area contributed by atoms with E-state index in [1.807, 2.05) is 18.2 Å². The van der Waals surface area contributed by atoms with E-state index in [4.69, 9.17) is 16.3 Å². The highest BCUT2D eigenvalue weighted by Crippen LogP contribution is 2.23. The quantitative estimate of drug-likeness (QED) is 0.571. The Balaban J connectivity index is 1.72. The molecular formula is C20H15ClO4S. The zero-order valence-corrected chi connectivity index (χ0v) is 15.2. The molecule has 0 heterocycles. The van der Waals surface area contributed by atoms with Gasteiger partial charge in [-0.2, -0.15) is 0 Å². The van der Waals surface area contributed by atoms with Crippen molar-refractivity contribution in [2.45, 2.75) is 4.90 Å². The highest BCUT2D eigenvalue weighted by molar-refractivity contribution is 7.92. The monoisotopic (exact) mass is 386 g/mol.